The molecule has 1 amide bonds. The Bertz CT molecular complexity index is 903. The van der Waals surface area contributed by atoms with Crippen LogP contribution in [-0.2, 0) is 14.8 Å². The first-order chi connectivity index (χ1) is 12.1. The second kappa shape index (κ2) is 8.05. The number of hydrogen-bond donors (Lipinski definition) is 1. The minimum Gasteiger partial charge on any atom is -0.497 e. The standard InChI is InChI=1S/C17H18BrFN2O4S/c1-11(17(22)20-16-9-4-12(18)10-15(16)19)21(26(3,23)24)13-5-7-14(25-2)8-6-13/h4-11H,1-3H3,(H,20,22). The summed E-state index contributed by atoms with van der Waals surface area (Å²) in [6.45, 7) is 1.43. The maximum Gasteiger partial charge on any atom is 0.248 e. The van der Waals surface area contributed by atoms with Crippen molar-refractivity contribution in [1.82, 2.24) is 0 Å². The molecular weight excluding hydrogens is 427 g/mol. The summed E-state index contributed by atoms with van der Waals surface area (Å²) in [6.07, 6.45) is 1.00. The van der Waals surface area contributed by atoms with Crippen molar-refractivity contribution in [1.29, 1.82) is 0 Å². The number of anilines is 2. The molecule has 0 fully saturated rings. The molecule has 0 aliphatic rings. The fraction of sp³-hybridized carbons (Fsp3) is 0.235. The summed E-state index contributed by atoms with van der Waals surface area (Å²) in [7, 11) is -2.27. The minimum atomic E-state index is -3.76. The highest BCUT2D eigenvalue weighted by Crippen LogP contribution is 2.25. The molecule has 140 valence electrons. The van der Waals surface area contributed by atoms with Crippen LogP contribution in [0.1, 0.15) is 6.92 Å². The molecule has 1 N–H and O–H groups in total. The zero-order chi connectivity index (χ0) is 19.5. The number of amides is 1. The maximum atomic E-state index is 13.9. The number of sulfonamides is 1. The molecule has 9 heteroatoms. The summed E-state index contributed by atoms with van der Waals surface area (Å²) < 4.78 is 44.9. The zero-order valence-electron chi connectivity index (χ0n) is 14.4. The van der Waals surface area contributed by atoms with Gasteiger partial charge in [-0.25, -0.2) is 12.8 Å². The van der Waals surface area contributed by atoms with Crippen LogP contribution in [0.3, 0.4) is 0 Å². The van der Waals surface area contributed by atoms with Gasteiger partial charge in [0.1, 0.15) is 17.6 Å². The van der Waals surface area contributed by atoms with E-state index in [1.165, 1.54) is 38.3 Å². The zero-order valence-corrected chi connectivity index (χ0v) is 16.8. The van der Waals surface area contributed by atoms with E-state index in [9.17, 15) is 17.6 Å². The summed E-state index contributed by atoms with van der Waals surface area (Å²) >= 11 is 3.13. The number of halogens is 2. The fourth-order valence-corrected chi connectivity index (χ4v) is 3.87. The average molecular weight is 445 g/mol. The smallest absolute Gasteiger partial charge is 0.248 e. The third-order valence-electron chi connectivity index (χ3n) is 3.60. The molecule has 0 aliphatic heterocycles. The van der Waals surface area contributed by atoms with E-state index in [2.05, 4.69) is 21.2 Å². The number of ether oxygens (including phenoxy) is 1. The summed E-state index contributed by atoms with van der Waals surface area (Å²) in [6, 6.07) is 9.32. The molecule has 1 atom stereocenters. The van der Waals surface area contributed by atoms with Gasteiger partial charge in [-0.05, 0) is 49.4 Å². The summed E-state index contributed by atoms with van der Waals surface area (Å²) in [5, 5.41) is 2.42. The van der Waals surface area contributed by atoms with E-state index in [4.69, 9.17) is 4.74 Å². The van der Waals surface area contributed by atoms with Crippen molar-refractivity contribution in [2.24, 2.45) is 0 Å². The third-order valence-corrected chi connectivity index (χ3v) is 5.34. The molecule has 0 aliphatic carbocycles. The molecule has 0 heterocycles. The number of methoxy groups -OCH3 is 1. The number of carbonyl (C=O) groups is 1. The second-order valence-electron chi connectivity index (χ2n) is 5.55. The van der Waals surface area contributed by atoms with Crippen molar-refractivity contribution in [3.8, 4) is 5.75 Å². The summed E-state index contributed by atoms with van der Waals surface area (Å²) in [5.74, 6) is -0.737. The number of nitrogens with one attached hydrogen (secondary N) is 1. The van der Waals surface area contributed by atoms with E-state index in [0.717, 1.165) is 10.6 Å². The van der Waals surface area contributed by atoms with Gasteiger partial charge in [0.15, 0.2) is 0 Å². The van der Waals surface area contributed by atoms with E-state index in [-0.39, 0.29) is 5.69 Å². The van der Waals surface area contributed by atoms with E-state index in [1.807, 2.05) is 0 Å². The third kappa shape index (κ3) is 4.73. The first-order valence-corrected chi connectivity index (χ1v) is 10.2. The van der Waals surface area contributed by atoms with Crippen LogP contribution < -0.4 is 14.4 Å². The molecule has 6 nitrogen and oxygen atoms in total. The molecule has 2 aromatic rings. The van der Waals surface area contributed by atoms with Gasteiger partial charge in [0, 0.05) is 4.47 Å². The quantitative estimate of drug-likeness (QED) is 0.740. The first-order valence-electron chi connectivity index (χ1n) is 7.53. The maximum absolute atomic E-state index is 13.9. The van der Waals surface area contributed by atoms with Gasteiger partial charge in [-0.15, -0.1) is 0 Å². The van der Waals surface area contributed by atoms with Crippen LogP contribution in [-0.4, -0.2) is 33.7 Å². The molecule has 0 saturated heterocycles. The highest BCUT2D eigenvalue weighted by atomic mass is 79.9. The van der Waals surface area contributed by atoms with Crippen LogP contribution in [0, 0.1) is 5.82 Å². The summed E-state index contributed by atoms with van der Waals surface area (Å²) in [5.41, 5.74) is 0.264. The molecule has 0 spiro atoms. The Labute approximate surface area is 160 Å². The predicted octanol–water partition coefficient (Wildman–Crippen LogP) is 3.39. The van der Waals surface area contributed by atoms with Gasteiger partial charge in [0.2, 0.25) is 15.9 Å². The second-order valence-corrected chi connectivity index (χ2v) is 8.32. The Kier molecular flexibility index (Phi) is 6.25. The van der Waals surface area contributed by atoms with Crippen LogP contribution in [0.2, 0.25) is 0 Å². The van der Waals surface area contributed by atoms with Crippen molar-refractivity contribution in [2.75, 3.05) is 23.0 Å². The lowest BCUT2D eigenvalue weighted by atomic mass is 10.2. The number of benzene rings is 2. The highest BCUT2D eigenvalue weighted by Gasteiger charge is 2.29. The summed E-state index contributed by atoms with van der Waals surface area (Å²) in [4.78, 5) is 12.5. The van der Waals surface area contributed by atoms with Crippen LogP contribution in [0.4, 0.5) is 15.8 Å². The first kappa shape index (κ1) is 20.2. The van der Waals surface area contributed by atoms with Gasteiger partial charge in [-0.1, -0.05) is 15.9 Å². The van der Waals surface area contributed by atoms with Gasteiger partial charge in [-0.2, -0.15) is 0 Å². The Morgan fingerprint density at radius 2 is 1.85 bits per heavy atom. The van der Waals surface area contributed by atoms with Crippen LogP contribution in [0.25, 0.3) is 0 Å². The van der Waals surface area contributed by atoms with Crippen molar-refractivity contribution in [3.05, 3.63) is 52.8 Å². The Morgan fingerprint density at radius 1 is 1.23 bits per heavy atom. The molecule has 0 bridgehead atoms. The van der Waals surface area contributed by atoms with E-state index < -0.39 is 27.8 Å². The lowest BCUT2D eigenvalue weighted by Crippen LogP contribution is -2.45. The lowest BCUT2D eigenvalue weighted by molar-refractivity contribution is -0.116. The average Bonchev–Trinajstić information content (AvgIpc) is 2.56. The fourth-order valence-electron chi connectivity index (χ4n) is 2.37. The van der Waals surface area contributed by atoms with Gasteiger partial charge in [0.05, 0.1) is 24.7 Å². The van der Waals surface area contributed by atoms with Crippen molar-refractivity contribution >= 4 is 43.2 Å². The van der Waals surface area contributed by atoms with E-state index in [0.29, 0.717) is 15.9 Å². The topological polar surface area (TPSA) is 75.7 Å². The molecule has 2 aromatic carbocycles. The molecule has 26 heavy (non-hydrogen) atoms. The molecule has 0 saturated carbocycles. The van der Waals surface area contributed by atoms with Crippen LogP contribution in [0.5, 0.6) is 5.75 Å². The van der Waals surface area contributed by atoms with Gasteiger partial charge < -0.3 is 10.1 Å². The Hall–Kier alpha value is -2.13. The van der Waals surface area contributed by atoms with Crippen molar-refractivity contribution < 1.29 is 22.3 Å². The minimum absolute atomic E-state index is 0.0340. The number of hydrogen-bond acceptors (Lipinski definition) is 4. The lowest BCUT2D eigenvalue weighted by Gasteiger charge is -2.28. The number of rotatable bonds is 6. The van der Waals surface area contributed by atoms with E-state index in [1.54, 1.807) is 18.2 Å². The largest absolute Gasteiger partial charge is 0.497 e. The molecule has 0 radical (unpaired) electrons. The highest BCUT2D eigenvalue weighted by molar-refractivity contribution is 9.10. The molecule has 1 unspecified atom stereocenters. The Morgan fingerprint density at radius 3 is 2.35 bits per heavy atom. The van der Waals surface area contributed by atoms with Gasteiger partial charge in [-0.3, -0.25) is 9.10 Å². The van der Waals surface area contributed by atoms with Crippen LogP contribution in [0.15, 0.2) is 46.9 Å². The molecule has 2 rings (SSSR count). The SMILES string of the molecule is COc1ccc(N(C(C)C(=O)Nc2ccc(Br)cc2F)S(C)(=O)=O)cc1. The number of carbonyl (C=O) groups excluding carboxylic acids is 1. The van der Waals surface area contributed by atoms with Crippen molar-refractivity contribution in [3.63, 3.8) is 0 Å². The van der Waals surface area contributed by atoms with E-state index >= 15 is 0 Å². The predicted molar refractivity (Wildman–Crippen MR) is 103 cm³/mol. The van der Waals surface area contributed by atoms with Gasteiger partial charge in [0.25, 0.3) is 0 Å². The molecular formula is C17H18BrFN2O4S. The molecule has 0 aromatic heterocycles. The Balaban J connectivity index is 2.30. The van der Waals surface area contributed by atoms with Crippen molar-refractivity contribution in [2.45, 2.75) is 13.0 Å². The van der Waals surface area contributed by atoms with Gasteiger partial charge >= 0.3 is 0 Å². The number of nitrogens with zero attached hydrogens (tertiary/aromatic N) is 1. The normalized spacial score (nSPS) is 12.3. The van der Waals surface area contributed by atoms with Crippen LogP contribution >= 0.6 is 15.9 Å². The monoisotopic (exact) mass is 444 g/mol.